The maximum absolute atomic E-state index is 13.3. The Kier molecular flexibility index (Phi) is 27.3. The first-order valence-electron chi connectivity index (χ1n) is 24.6. The van der Waals surface area contributed by atoms with Crippen molar-refractivity contribution in [1.29, 1.82) is 0 Å². The van der Waals surface area contributed by atoms with E-state index in [9.17, 15) is 29.4 Å². The van der Waals surface area contributed by atoms with Crippen LogP contribution in [0, 0.1) is 23.7 Å². The molecule has 2 saturated carbocycles. The molecule has 2 fully saturated rings. The summed E-state index contributed by atoms with van der Waals surface area (Å²) in [6.45, 7) is 27.1. The predicted molar refractivity (Wildman–Crippen MR) is 266 cm³/mol. The number of allylic oxidation sites excluding steroid dienone is 4. The van der Waals surface area contributed by atoms with Crippen LogP contribution in [0.3, 0.4) is 0 Å². The Bertz CT molecular complexity index is 1520. The van der Waals surface area contributed by atoms with Crippen LogP contribution in [0.5, 0.6) is 0 Å². The van der Waals surface area contributed by atoms with Gasteiger partial charge in [0.2, 0.25) is 0 Å². The van der Waals surface area contributed by atoms with E-state index in [1.807, 2.05) is 18.2 Å². The van der Waals surface area contributed by atoms with Crippen molar-refractivity contribution >= 4 is 40.1 Å². The Hall–Kier alpha value is -2.49. The van der Waals surface area contributed by atoms with Crippen molar-refractivity contribution in [1.82, 2.24) is 0 Å². The Balaban J connectivity index is 0.000000704. The fourth-order valence-electron chi connectivity index (χ4n) is 7.73. The highest BCUT2D eigenvalue weighted by molar-refractivity contribution is 6.74. The van der Waals surface area contributed by atoms with Crippen molar-refractivity contribution in [2.24, 2.45) is 23.7 Å². The fourth-order valence-corrected chi connectivity index (χ4v) is 10.4. The molecule has 2 aliphatic carbocycles. The van der Waals surface area contributed by atoms with Crippen LogP contribution < -0.4 is 0 Å². The molecule has 0 aromatic heterocycles. The first kappa shape index (κ1) is 59.5. The quantitative estimate of drug-likeness (QED) is 0.0337. The number of carbonyl (C=O) groups is 4. The molecule has 10 nitrogen and oxygen atoms in total. The van der Waals surface area contributed by atoms with Crippen LogP contribution in [0.25, 0.3) is 0 Å². The minimum Gasteiger partial charge on any atom is -0.481 e. The van der Waals surface area contributed by atoms with Crippen LogP contribution in [0.15, 0.2) is 48.6 Å². The summed E-state index contributed by atoms with van der Waals surface area (Å²) in [5.41, 5.74) is 0. The number of hydrogen-bond acceptors (Lipinski definition) is 8. The maximum atomic E-state index is 13.3. The largest absolute Gasteiger partial charge is 0.481 e. The van der Waals surface area contributed by atoms with Gasteiger partial charge in [-0.1, -0.05) is 143 Å². The van der Waals surface area contributed by atoms with E-state index in [1.54, 1.807) is 12.2 Å². The van der Waals surface area contributed by atoms with E-state index in [-0.39, 0.29) is 76.8 Å². The van der Waals surface area contributed by atoms with Crippen LogP contribution in [0.4, 0.5) is 0 Å². The SMILES string of the molecule is CCCCCC(/C=C/[C@H]1C(O[Si](C)(C)C(C)(C)C)CC(=O)[C@@H]1C/C=C\CCCC(=O)O)O[Si](C)(C)C(C)(C)C.CCCCCC(O)/C=C/[C@H]1C(O)CC(=O)[C@@H]1C/C=C\CCCC(=O)O. The molecule has 368 valence electrons. The molecule has 0 amide bonds. The van der Waals surface area contributed by atoms with Crippen LogP contribution >= 0.6 is 0 Å². The zero-order valence-corrected chi connectivity index (χ0v) is 44.2. The summed E-state index contributed by atoms with van der Waals surface area (Å²) in [7, 11) is -4.01. The molecule has 4 N–H and O–H groups in total. The predicted octanol–water partition coefficient (Wildman–Crippen LogP) is 12.6. The summed E-state index contributed by atoms with van der Waals surface area (Å²) in [5, 5.41) is 37.8. The van der Waals surface area contributed by atoms with E-state index in [0.29, 0.717) is 44.9 Å². The highest BCUT2D eigenvalue weighted by Crippen LogP contribution is 2.44. The molecule has 0 heterocycles. The molecule has 12 heteroatoms. The molecule has 2 rings (SSSR count). The van der Waals surface area contributed by atoms with Gasteiger partial charge in [-0.3, -0.25) is 19.2 Å². The van der Waals surface area contributed by atoms with Crippen molar-refractivity contribution in [2.75, 3.05) is 0 Å². The molecule has 8 atom stereocenters. The number of unbranched alkanes of at least 4 members (excludes halogenated alkanes) is 6. The van der Waals surface area contributed by atoms with E-state index in [4.69, 9.17) is 19.1 Å². The number of carboxylic acids is 2. The summed E-state index contributed by atoms with van der Waals surface area (Å²) >= 11 is 0. The summed E-state index contributed by atoms with van der Waals surface area (Å²) in [6.07, 6.45) is 27.8. The standard InChI is InChI=1S/C32H60O5Si2.C20H32O5/c1-12-13-16-19-25(36-38(8,9)31(2,3)4)22-23-27-26(20-17-14-15-18-21-30(34)35)28(33)24-29(27)37-39(10,11)32(5,6)7;1-2-3-6-9-15(21)12-13-17-16(18(22)14-19(17)23)10-7-4-5-8-11-20(24)25/h14,17,22-23,25-27,29H,12-13,15-16,18-21,24H2,1-11H3,(H,34,35);4,7,12-13,15-17,19,21,23H,2-3,5-6,8-11,14H2,1H3,(H,24,25)/b17-14-,23-22+;7-4-,13-12+/t25?,26-,27-,29?;15?,16-,17-,19?/m11/s1. The van der Waals surface area contributed by atoms with Gasteiger partial charge in [0.15, 0.2) is 16.6 Å². The monoisotopic (exact) mass is 933 g/mol. The number of carbonyl (C=O) groups excluding carboxylic acids is 2. The summed E-state index contributed by atoms with van der Waals surface area (Å²) in [6, 6.07) is 0. The van der Waals surface area contributed by atoms with E-state index in [2.05, 4.69) is 99.8 Å². The van der Waals surface area contributed by atoms with Crippen molar-refractivity contribution in [2.45, 2.75) is 232 Å². The molecule has 0 saturated heterocycles. The Labute approximate surface area is 391 Å². The Morgan fingerprint density at radius 1 is 0.672 bits per heavy atom. The maximum Gasteiger partial charge on any atom is 0.303 e. The van der Waals surface area contributed by atoms with Crippen LogP contribution in [0.1, 0.15) is 171 Å². The molecule has 0 spiro atoms. The molecule has 2 aliphatic rings. The van der Waals surface area contributed by atoms with Gasteiger partial charge in [0.05, 0.1) is 24.4 Å². The Morgan fingerprint density at radius 2 is 1.14 bits per heavy atom. The normalized spacial score (nSPS) is 23.5. The highest BCUT2D eigenvalue weighted by atomic mass is 28.4. The average Bonchev–Trinajstić information content (AvgIpc) is 3.62. The van der Waals surface area contributed by atoms with Crippen LogP contribution in [0.2, 0.25) is 36.3 Å². The van der Waals surface area contributed by atoms with Gasteiger partial charge < -0.3 is 29.3 Å². The average molecular weight is 933 g/mol. The zero-order valence-electron chi connectivity index (χ0n) is 42.2. The summed E-state index contributed by atoms with van der Waals surface area (Å²) in [5.74, 6) is -1.84. The first-order chi connectivity index (χ1) is 29.8. The molecule has 0 aromatic rings. The second-order valence-corrected chi connectivity index (χ2v) is 30.9. The lowest BCUT2D eigenvalue weighted by Crippen LogP contribution is -2.45. The van der Waals surface area contributed by atoms with Gasteiger partial charge in [-0.2, -0.15) is 0 Å². The topological polar surface area (TPSA) is 168 Å². The van der Waals surface area contributed by atoms with E-state index < -0.39 is 40.8 Å². The number of aliphatic hydroxyl groups excluding tert-OH is 2. The van der Waals surface area contributed by atoms with E-state index >= 15 is 0 Å². The van der Waals surface area contributed by atoms with Crippen LogP contribution in [-0.2, 0) is 28.0 Å². The number of ketones is 2. The summed E-state index contributed by atoms with van der Waals surface area (Å²) < 4.78 is 13.8. The minimum absolute atomic E-state index is 0.0204. The van der Waals surface area contributed by atoms with Crippen molar-refractivity contribution < 1.29 is 48.5 Å². The zero-order chi connectivity index (χ0) is 48.7. The third-order valence-corrected chi connectivity index (χ3v) is 22.9. The number of carboxylic acid groups (broad SMARTS) is 2. The van der Waals surface area contributed by atoms with Gasteiger partial charge in [0.1, 0.15) is 11.6 Å². The Morgan fingerprint density at radius 3 is 1.62 bits per heavy atom. The van der Waals surface area contributed by atoms with Crippen LogP contribution in [-0.4, -0.2) is 85.0 Å². The van der Waals surface area contributed by atoms with Crippen molar-refractivity contribution in [3.63, 3.8) is 0 Å². The number of aliphatic carboxylic acids is 2. The molecular weight excluding hydrogens is 841 g/mol. The lowest BCUT2D eigenvalue weighted by molar-refractivity contribution is -0.138. The van der Waals surface area contributed by atoms with Crippen molar-refractivity contribution in [3.8, 4) is 0 Å². The molecule has 0 radical (unpaired) electrons. The molecule has 0 bridgehead atoms. The van der Waals surface area contributed by atoms with Gasteiger partial charge in [0.25, 0.3) is 0 Å². The van der Waals surface area contributed by atoms with Gasteiger partial charge in [0, 0.05) is 49.4 Å². The molecule has 64 heavy (non-hydrogen) atoms. The number of aliphatic hydroxyl groups is 2. The lowest BCUT2D eigenvalue weighted by Gasteiger charge is -2.40. The van der Waals surface area contributed by atoms with E-state index in [1.165, 1.54) is 12.8 Å². The van der Waals surface area contributed by atoms with Gasteiger partial charge >= 0.3 is 11.9 Å². The van der Waals surface area contributed by atoms with E-state index in [0.717, 1.165) is 38.5 Å². The highest BCUT2D eigenvalue weighted by Gasteiger charge is 2.47. The second-order valence-electron chi connectivity index (χ2n) is 21.4. The lowest BCUT2D eigenvalue weighted by atomic mass is 9.90. The first-order valence-corrected chi connectivity index (χ1v) is 30.5. The smallest absolute Gasteiger partial charge is 0.303 e. The molecular formula is C52H92O10Si2. The second kappa shape index (κ2) is 29.3. The van der Waals surface area contributed by atoms with Gasteiger partial charge in [-0.15, -0.1) is 0 Å². The number of rotatable bonds is 28. The van der Waals surface area contributed by atoms with Crippen molar-refractivity contribution in [3.05, 3.63) is 48.6 Å². The molecule has 0 aromatic carbocycles. The third-order valence-electron chi connectivity index (χ3n) is 13.9. The molecule has 4 unspecified atom stereocenters. The number of hydrogen-bond donors (Lipinski definition) is 4. The van der Waals surface area contributed by atoms with Gasteiger partial charge in [-0.25, -0.2) is 0 Å². The third kappa shape index (κ3) is 22.3. The minimum atomic E-state index is -2.06. The fraction of sp³-hybridized carbons (Fsp3) is 0.769. The van der Waals surface area contributed by atoms with Gasteiger partial charge in [-0.05, 0) is 87.6 Å². The summed E-state index contributed by atoms with van der Waals surface area (Å²) in [4.78, 5) is 46.7. The number of Topliss-reactive ketones (excluding diaryl/α,β-unsaturated/α-hetero) is 2. The molecule has 0 aliphatic heterocycles.